The minimum Gasteiger partial charge on any atom is -0.338 e. The Morgan fingerprint density at radius 3 is 2.68 bits per heavy atom. The standard InChI is InChI=1S/C15H17N3O2S2/c1-10-9-22-15(16-10)17-13(19)11-4-6-18(7-5-11)14(20)12-3-2-8-21-12/h2-3,8-9,11H,4-7H2,1H3,(H,16,17,19). The molecule has 3 heterocycles. The van der Waals surface area contributed by atoms with Crippen LogP contribution in [0, 0.1) is 12.8 Å². The molecule has 1 N–H and O–H groups in total. The first kappa shape index (κ1) is 15.2. The summed E-state index contributed by atoms with van der Waals surface area (Å²) in [7, 11) is 0. The maximum absolute atomic E-state index is 12.3. The molecule has 2 aromatic heterocycles. The lowest BCUT2D eigenvalue weighted by atomic mass is 9.96. The van der Waals surface area contributed by atoms with E-state index in [0.717, 1.165) is 10.6 Å². The number of aromatic nitrogens is 1. The van der Waals surface area contributed by atoms with Gasteiger partial charge in [-0.3, -0.25) is 9.59 Å². The summed E-state index contributed by atoms with van der Waals surface area (Å²) >= 11 is 2.90. The molecule has 1 aliphatic heterocycles. The number of nitrogens with one attached hydrogen (secondary N) is 1. The van der Waals surface area contributed by atoms with Crippen LogP contribution in [0.1, 0.15) is 28.2 Å². The number of rotatable bonds is 3. The molecule has 0 saturated carbocycles. The fourth-order valence-electron chi connectivity index (χ4n) is 2.52. The van der Waals surface area contributed by atoms with E-state index in [4.69, 9.17) is 0 Å². The quantitative estimate of drug-likeness (QED) is 0.938. The predicted octanol–water partition coefficient (Wildman–Crippen LogP) is 3.00. The third-order valence-corrected chi connectivity index (χ3v) is 5.47. The molecule has 0 atom stereocenters. The Kier molecular flexibility index (Phi) is 4.54. The van der Waals surface area contributed by atoms with Crippen LogP contribution in [0.25, 0.3) is 0 Å². The molecular weight excluding hydrogens is 318 g/mol. The van der Waals surface area contributed by atoms with Gasteiger partial charge in [0.05, 0.1) is 10.6 Å². The average molecular weight is 335 g/mol. The van der Waals surface area contributed by atoms with E-state index in [1.54, 1.807) is 0 Å². The lowest BCUT2D eigenvalue weighted by Gasteiger charge is -2.30. The summed E-state index contributed by atoms with van der Waals surface area (Å²) in [4.78, 5) is 31.3. The number of piperidine rings is 1. The highest BCUT2D eigenvalue weighted by atomic mass is 32.1. The Morgan fingerprint density at radius 1 is 1.32 bits per heavy atom. The summed E-state index contributed by atoms with van der Waals surface area (Å²) in [6.45, 7) is 3.16. The largest absolute Gasteiger partial charge is 0.338 e. The Morgan fingerprint density at radius 2 is 2.09 bits per heavy atom. The second-order valence-corrected chi connectivity index (χ2v) is 7.13. The molecule has 2 aromatic rings. The van der Waals surface area contributed by atoms with Crippen molar-refractivity contribution in [1.82, 2.24) is 9.88 Å². The van der Waals surface area contributed by atoms with Gasteiger partial charge in [0, 0.05) is 24.4 Å². The number of nitrogens with zero attached hydrogens (tertiary/aromatic N) is 2. The van der Waals surface area contributed by atoms with E-state index in [1.807, 2.05) is 34.7 Å². The molecular formula is C15H17N3O2S2. The van der Waals surface area contributed by atoms with Gasteiger partial charge in [-0.25, -0.2) is 4.98 Å². The van der Waals surface area contributed by atoms with E-state index < -0.39 is 0 Å². The van der Waals surface area contributed by atoms with Crippen LogP contribution >= 0.6 is 22.7 Å². The van der Waals surface area contributed by atoms with E-state index in [-0.39, 0.29) is 17.7 Å². The van der Waals surface area contributed by atoms with Gasteiger partial charge in [0.15, 0.2) is 5.13 Å². The second kappa shape index (κ2) is 6.58. The number of aryl methyl sites for hydroxylation is 1. The maximum Gasteiger partial charge on any atom is 0.263 e. The van der Waals surface area contributed by atoms with Gasteiger partial charge >= 0.3 is 0 Å². The van der Waals surface area contributed by atoms with E-state index in [9.17, 15) is 9.59 Å². The van der Waals surface area contributed by atoms with Crippen molar-refractivity contribution < 1.29 is 9.59 Å². The zero-order chi connectivity index (χ0) is 15.5. The van der Waals surface area contributed by atoms with E-state index in [2.05, 4.69) is 10.3 Å². The second-order valence-electron chi connectivity index (χ2n) is 5.33. The predicted molar refractivity (Wildman–Crippen MR) is 88.4 cm³/mol. The highest BCUT2D eigenvalue weighted by molar-refractivity contribution is 7.14. The first-order valence-electron chi connectivity index (χ1n) is 7.19. The van der Waals surface area contributed by atoms with Gasteiger partial charge in [0.2, 0.25) is 5.91 Å². The van der Waals surface area contributed by atoms with Crippen LogP contribution in [0.3, 0.4) is 0 Å². The van der Waals surface area contributed by atoms with Gasteiger partial charge in [-0.05, 0) is 31.2 Å². The highest BCUT2D eigenvalue weighted by Gasteiger charge is 2.28. The molecule has 3 rings (SSSR count). The molecule has 0 bridgehead atoms. The van der Waals surface area contributed by atoms with E-state index >= 15 is 0 Å². The summed E-state index contributed by atoms with van der Waals surface area (Å²) in [5, 5.41) is 7.34. The minimum absolute atomic E-state index is 0.0116. The van der Waals surface area contributed by atoms with Crippen molar-refractivity contribution in [3.63, 3.8) is 0 Å². The number of carbonyl (C=O) groups is 2. The lowest BCUT2D eigenvalue weighted by Crippen LogP contribution is -2.41. The van der Waals surface area contributed by atoms with Crippen LogP contribution in [0.2, 0.25) is 0 Å². The van der Waals surface area contributed by atoms with Crippen LogP contribution in [0.5, 0.6) is 0 Å². The number of thiophene rings is 1. The normalized spacial score (nSPS) is 15.8. The molecule has 1 aliphatic rings. The van der Waals surface area contributed by atoms with Crippen molar-refractivity contribution >= 4 is 39.6 Å². The maximum atomic E-state index is 12.3. The molecule has 5 nitrogen and oxygen atoms in total. The van der Waals surface area contributed by atoms with Crippen LogP contribution < -0.4 is 5.32 Å². The molecule has 0 unspecified atom stereocenters. The SMILES string of the molecule is Cc1csc(NC(=O)C2CCN(C(=O)c3cccs3)CC2)n1. The number of carbonyl (C=O) groups excluding carboxylic acids is 2. The van der Waals surface area contributed by atoms with Gasteiger partial charge < -0.3 is 10.2 Å². The summed E-state index contributed by atoms with van der Waals surface area (Å²) in [5.41, 5.74) is 0.914. The number of hydrogen-bond donors (Lipinski definition) is 1. The third-order valence-electron chi connectivity index (χ3n) is 3.73. The van der Waals surface area contributed by atoms with Crippen LogP contribution in [0.15, 0.2) is 22.9 Å². The molecule has 116 valence electrons. The summed E-state index contributed by atoms with van der Waals surface area (Å²) < 4.78 is 0. The number of thiazole rings is 1. The number of anilines is 1. The van der Waals surface area contributed by atoms with Crippen molar-refractivity contribution in [2.75, 3.05) is 18.4 Å². The van der Waals surface area contributed by atoms with Crippen molar-refractivity contribution in [2.45, 2.75) is 19.8 Å². The molecule has 1 saturated heterocycles. The van der Waals surface area contributed by atoms with E-state index in [0.29, 0.717) is 31.1 Å². The van der Waals surface area contributed by atoms with Gasteiger partial charge in [-0.1, -0.05) is 6.07 Å². The molecule has 2 amide bonds. The summed E-state index contributed by atoms with van der Waals surface area (Å²) in [5.74, 6) is 0.0403. The Balaban J connectivity index is 1.53. The summed E-state index contributed by atoms with van der Waals surface area (Å²) in [6.07, 6.45) is 1.40. The van der Waals surface area contributed by atoms with E-state index in [1.165, 1.54) is 22.7 Å². The molecule has 7 heteroatoms. The third kappa shape index (κ3) is 3.36. The fraction of sp³-hybridized carbons (Fsp3) is 0.400. The molecule has 0 spiro atoms. The smallest absolute Gasteiger partial charge is 0.263 e. The van der Waals surface area contributed by atoms with Gasteiger partial charge in [0.25, 0.3) is 5.91 Å². The van der Waals surface area contributed by atoms with Crippen molar-refractivity contribution in [3.05, 3.63) is 33.5 Å². The van der Waals surface area contributed by atoms with Crippen molar-refractivity contribution in [1.29, 1.82) is 0 Å². The fourth-order valence-corrected chi connectivity index (χ4v) is 3.90. The minimum atomic E-state index is -0.0448. The van der Waals surface area contributed by atoms with Gasteiger partial charge in [0.1, 0.15) is 0 Å². The van der Waals surface area contributed by atoms with Gasteiger partial charge in [-0.2, -0.15) is 0 Å². The van der Waals surface area contributed by atoms with Gasteiger partial charge in [-0.15, -0.1) is 22.7 Å². The van der Waals surface area contributed by atoms with Crippen molar-refractivity contribution in [3.8, 4) is 0 Å². The van der Waals surface area contributed by atoms with Crippen molar-refractivity contribution in [2.24, 2.45) is 5.92 Å². The number of hydrogen-bond acceptors (Lipinski definition) is 5. The Bertz CT molecular complexity index is 658. The lowest BCUT2D eigenvalue weighted by molar-refractivity contribution is -0.121. The first-order valence-corrected chi connectivity index (χ1v) is 8.95. The molecule has 0 aliphatic carbocycles. The zero-order valence-electron chi connectivity index (χ0n) is 12.2. The highest BCUT2D eigenvalue weighted by Crippen LogP contribution is 2.23. The van der Waals surface area contributed by atoms with Crippen LogP contribution in [-0.4, -0.2) is 34.8 Å². The molecule has 0 aromatic carbocycles. The van der Waals surface area contributed by atoms with Crippen LogP contribution in [0.4, 0.5) is 5.13 Å². The zero-order valence-corrected chi connectivity index (χ0v) is 13.9. The summed E-state index contributed by atoms with van der Waals surface area (Å²) in [6, 6.07) is 3.73. The first-order chi connectivity index (χ1) is 10.6. The Hall–Kier alpha value is -1.73. The topological polar surface area (TPSA) is 62.3 Å². The molecule has 22 heavy (non-hydrogen) atoms. The number of amides is 2. The average Bonchev–Trinajstić information content (AvgIpc) is 3.18. The Labute approximate surface area is 137 Å². The monoisotopic (exact) mass is 335 g/mol. The molecule has 0 radical (unpaired) electrons. The number of likely N-dealkylation sites (tertiary alicyclic amines) is 1. The van der Waals surface area contributed by atoms with Crippen LogP contribution in [-0.2, 0) is 4.79 Å². The molecule has 1 fully saturated rings.